The summed E-state index contributed by atoms with van der Waals surface area (Å²) in [5.41, 5.74) is 5.66. The van der Waals surface area contributed by atoms with Crippen molar-refractivity contribution in [2.24, 2.45) is 23.5 Å². The molecule has 0 aromatic carbocycles. The van der Waals surface area contributed by atoms with Crippen LogP contribution in [0.2, 0.25) is 0 Å². The number of carbonyl (C=O) groups excluding carboxylic acids is 1. The van der Waals surface area contributed by atoms with E-state index in [0.29, 0.717) is 31.4 Å². The molecule has 0 amide bonds. The van der Waals surface area contributed by atoms with E-state index in [4.69, 9.17) is 10.5 Å². The summed E-state index contributed by atoms with van der Waals surface area (Å²) in [6, 6.07) is 0. The second kappa shape index (κ2) is 9.46. The lowest BCUT2D eigenvalue weighted by atomic mass is 9.94. The molecule has 0 aliphatic rings. The van der Waals surface area contributed by atoms with Gasteiger partial charge in [0.2, 0.25) is 0 Å². The molecule has 0 spiro atoms. The second-order valence-electron chi connectivity index (χ2n) is 5.69. The minimum Gasteiger partial charge on any atom is -0.466 e. The Balaban J connectivity index is 3.68. The highest BCUT2D eigenvalue weighted by atomic mass is 16.5. The third-order valence-electron chi connectivity index (χ3n) is 2.78. The van der Waals surface area contributed by atoms with Gasteiger partial charge < -0.3 is 10.5 Å². The predicted octanol–water partition coefficient (Wildman–Crippen LogP) is 2.98. The lowest BCUT2D eigenvalue weighted by molar-refractivity contribution is -0.145. The molecule has 0 aromatic heterocycles. The van der Waals surface area contributed by atoms with Crippen molar-refractivity contribution in [2.75, 3.05) is 13.2 Å². The number of hydrogen-bond donors (Lipinski definition) is 1. The molecule has 0 bridgehead atoms. The molecule has 0 saturated carbocycles. The zero-order chi connectivity index (χ0) is 13.3. The van der Waals surface area contributed by atoms with Crippen molar-refractivity contribution in [3.8, 4) is 0 Å². The first-order valence-electron chi connectivity index (χ1n) is 6.81. The van der Waals surface area contributed by atoms with Crippen LogP contribution in [0, 0.1) is 17.8 Å². The molecule has 3 heteroatoms. The van der Waals surface area contributed by atoms with Gasteiger partial charge in [0, 0.05) is 6.42 Å². The fraction of sp³-hybridized carbons (Fsp3) is 0.929. The summed E-state index contributed by atoms with van der Waals surface area (Å²) in [6.45, 7) is 9.77. The molecular formula is C14H29NO2. The first-order valence-corrected chi connectivity index (χ1v) is 6.81. The van der Waals surface area contributed by atoms with Crippen LogP contribution < -0.4 is 5.73 Å². The molecule has 0 rings (SSSR count). The van der Waals surface area contributed by atoms with Crippen molar-refractivity contribution in [1.82, 2.24) is 0 Å². The van der Waals surface area contributed by atoms with Crippen LogP contribution in [0.5, 0.6) is 0 Å². The number of ether oxygens (including phenoxy) is 1. The van der Waals surface area contributed by atoms with Gasteiger partial charge in [0.05, 0.1) is 6.61 Å². The van der Waals surface area contributed by atoms with Gasteiger partial charge >= 0.3 is 5.97 Å². The Bertz CT molecular complexity index is 202. The monoisotopic (exact) mass is 243 g/mol. The van der Waals surface area contributed by atoms with Crippen molar-refractivity contribution < 1.29 is 9.53 Å². The first-order chi connectivity index (χ1) is 7.95. The van der Waals surface area contributed by atoms with Crippen molar-refractivity contribution in [3.63, 3.8) is 0 Å². The SMILES string of the molecule is CC(C)CCCOC(=O)C[C@@H](CN)CC(C)C. The van der Waals surface area contributed by atoms with E-state index in [0.717, 1.165) is 19.3 Å². The average Bonchev–Trinajstić information content (AvgIpc) is 2.22. The number of rotatable bonds is 9. The summed E-state index contributed by atoms with van der Waals surface area (Å²) in [6.07, 6.45) is 3.54. The van der Waals surface area contributed by atoms with E-state index in [1.165, 1.54) is 0 Å². The Morgan fingerprint density at radius 1 is 1.18 bits per heavy atom. The van der Waals surface area contributed by atoms with Crippen molar-refractivity contribution >= 4 is 5.97 Å². The molecule has 3 nitrogen and oxygen atoms in total. The van der Waals surface area contributed by atoms with Crippen LogP contribution in [-0.4, -0.2) is 19.1 Å². The molecule has 0 radical (unpaired) electrons. The van der Waals surface area contributed by atoms with Gasteiger partial charge in [-0.05, 0) is 43.6 Å². The highest BCUT2D eigenvalue weighted by Gasteiger charge is 2.14. The van der Waals surface area contributed by atoms with Crippen LogP contribution in [0.15, 0.2) is 0 Å². The quantitative estimate of drug-likeness (QED) is 0.500. The Morgan fingerprint density at radius 2 is 1.82 bits per heavy atom. The summed E-state index contributed by atoms with van der Waals surface area (Å²) >= 11 is 0. The Morgan fingerprint density at radius 3 is 2.29 bits per heavy atom. The third kappa shape index (κ3) is 10.3. The van der Waals surface area contributed by atoms with Gasteiger partial charge in [0.1, 0.15) is 0 Å². The van der Waals surface area contributed by atoms with E-state index in [2.05, 4.69) is 27.7 Å². The summed E-state index contributed by atoms with van der Waals surface area (Å²) in [7, 11) is 0. The fourth-order valence-electron chi connectivity index (χ4n) is 1.90. The maximum atomic E-state index is 11.6. The van der Waals surface area contributed by atoms with Gasteiger partial charge in [-0.15, -0.1) is 0 Å². The lowest BCUT2D eigenvalue weighted by Crippen LogP contribution is -2.21. The summed E-state index contributed by atoms with van der Waals surface area (Å²) in [5.74, 6) is 1.43. The molecular weight excluding hydrogens is 214 g/mol. The molecule has 102 valence electrons. The fourth-order valence-corrected chi connectivity index (χ4v) is 1.90. The highest BCUT2D eigenvalue weighted by Crippen LogP contribution is 2.15. The summed E-state index contributed by atoms with van der Waals surface area (Å²) in [5, 5.41) is 0. The lowest BCUT2D eigenvalue weighted by Gasteiger charge is -2.16. The molecule has 17 heavy (non-hydrogen) atoms. The van der Waals surface area contributed by atoms with E-state index in [1.807, 2.05) is 0 Å². The minimum atomic E-state index is -0.0927. The summed E-state index contributed by atoms with van der Waals surface area (Å²) in [4.78, 5) is 11.6. The number of carbonyl (C=O) groups is 1. The predicted molar refractivity (Wildman–Crippen MR) is 71.6 cm³/mol. The van der Waals surface area contributed by atoms with E-state index in [9.17, 15) is 4.79 Å². The van der Waals surface area contributed by atoms with Crippen molar-refractivity contribution in [1.29, 1.82) is 0 Å². The molecule has 2 N–H and O–H groups in total. The highest BCUT2D eigenvalue weighted by molar-refractivity contribution is 5.69. The van der Waals surface area contributed by atoms with Gasteiger partial charge in [0.15, 0.2) is 0 Å². The molecule has 0 aromatic rings. The van der Waals surface area contributed by atoms with E-state index in [1.54, 1.807) is 0 Å². The molecule has 0 saturated heterocycles. The van der Waals surface area contributed by atoms with Gasteiger partial charge in [0.25, 0.3) is 0 Å². The number of nitrogens with two attached hydrogens (primary N) is 1. The van der Waals surface area contributed by atoms with Gasteiger partial charge in [-0.2, -0.15) is 0 Å². The largest absolute Gasteiger partial charge is 0.466 e. The van der Waals surface area contributed by atoms with Gasteiger partial charge in [-0.1, -0.05) is 27.7 Å². The van der Waals surface area contributed by atoms with Crippen LogP contribution >= 0.6 is 0 Å². The Kier molecular flexibility index (Phi) is 9.14. The first kappa shape index (κ1) is 16.4. The molecule has 0 aliphatic carbocycles. The maximum Gasteiger partial charge on any atom is 0.306 e. The van der Waals surface area contributed by atoms with Crippen LogP contribution in [0.4, 0.5) is 0 Å². The molecule has 1 atom stereocenters. The smallest absolute Gasteiger partial charge is 0.306 e. The van der Waals surface area contributed by atoms with Crippen LogP contribution in [0.3, 0.4) is 0 Å². The van der Waals surface area contributed by atoms with Crippen LogP contribution in [0.25, 0.3) is 0 Å². The van der Waals surface area contributed by atoms with Crippen molar-refractivity contribution in [2.45, 2.75) is 53.4 Å². The Labute approximate surface area is 106 Å². The van der Waals surface area contributed by atoms with Crippen LogP contribution in [0.1, 0.15) is 53.4 Å². The zero-order valence-electron chi connectivity index (χ0n) is 11.9. The average molecular weight is 243 g/mol. The van der Waals surface area contributed by atoms with Crippen LogP contribution in [-0.2, 0) is 9.53 Å². The zero-order valence-corrected chi connectivity index (χ0v) is 11.9. The molecule has 0 fully saturated rings. The second-order valence-corrected chi connectivity index (χ2v) is 5.69. The van der Waals surface area contributed by atoms with E-state index < -0.39 is 0 Å². The third-order valence-corrected chi connectivity index (χ3v) is 2.78. The Hall–Kier alpha value is -0.570. The summed E-state index contributed by atoms with van der Waals surface area (Å²) < 4.78 is 5.21. The topological polar surface area (TPSA) is 52.3 Å². The maximum absolute atomic E-state index is 11.6. The number of hydrogen-bond acceptors (Lipinski definition) is 3. The normalized spacial score (nSPS) is 13.1. The minimum absolute atomic E-state index is 0.0927. The molecule has 0 heterocycles. The molecule has 0 unspecified atom stereocenters. The van der Waals surface area contributed by atoms with E-state index >= 15 is 0 Å². The van der Waals surface area contributed by atoms with Gasteiger partial charge in [-0.25, -0.2) is 0 Å². The molecule has 0 aliphatic heterocycles. The number of esters is 1. The standard InChI is InChI=1S/C14H29NO2/c1-11(2)6-5-7-17-14(16)9-13(10-15)8-12(3)4/h11-13H,5-10,15H2,1-4H3/t13-/m0/s1. The van der Waals surface area contributed by atoms with Crippen molar-refractivity contribution in [3.05, 3.63) is 0 Å². The van der Waals surface area contributed by atoms with Gasteiger partial charge in [-0.3, -0.25) is 4.79 Å². The van der Waals surface area contributed by atoms with E-state index in [-0.39, 0.29) is 11.9 Å².